The maximum atomic E-state index is 12.1. The second-order valence-electron chi connectivity index (χ2n) is 30.5. The number of imide groups is 7. The number of rotatable bonds is 41. The molecule has 3 aromatic heterocycles. The molecule has 5 aromatic rings. The van der Waals surface area contributed by atoms with Gasteiger partial charge in [0.05, 0.1) is 35.7 Å². The molecule has 140 heavy (non-hydrogen) atoms. The Morgan fingerprint density at radius 3 is 1.29 bits per heavy atom. The summed E-state index contributed by atoms with van der Waals surface area (Å²) in [6.45, 7) is 2.72. The number of benzene rings is 2. The fraction of sp³-hybridized carbons (Fsp3) is 0.411. The van der Waals surface area contributed by atoms with Gasteiger partial charge in [-0.25, -0.2) is 43.8 Å². The van der Waals surface area contributed by atoms with Crippen LogP contribution < -0.4 is 15.5 Å². The van der Waals surface area contributed by atoms with Crippen molar-refractivity contribution in [1.82, 2.24) is 55.8 Å². The van der Waals surface area contributed by atoms with Crippen molar-refractivity contribution in [2.24, 2.45) is 17.0 Å². The molecule has 44 nitrogen and oxygen atoms in total. The van der Waals surface area contributed by atoms with Crippen molar-refractivity contribution in [3.05, 3.63) is 173 Å². The van der Waals surface area contributed by atoms with Crippen LogP contribution in [-0.4, -0.2) is 227 Å². The van der Waals surface area contributed by atoms with Gasteiger partial charge in [-0.1, -0.05) is 75.6 Å². The van der Waals surface area contributed by atoms with Gasteiger partial charge in [-0.2, -0.15) is 0 Å². The molecule has 17 amide bonds. The van der Waals surface area contributed by atoms with Crippen LogP contribution in [0.2, 0.25) is 0 Å². The number of hydrogen-bond donors (Lipinski definition) is 2. The Hall–Kier alpha value is -13.4. The number of unbranched alkanes of at least 4 members (excludes halogenated alkanes) is 4. The van der Waals surface area contributed by atoms with Crippen LogP contribution in [0.25, 0.3) is 10.4 Å². The van der Waals surface area contributed by atoms with Gasteiger partial charge in [0.2, 0.25) is 17.7 Å². The number of anilines is 1. The summed E-state index contributed by atoms with van der Waals surface area (Å²) in [5.74, 6) is -9.76. The van der Waals surface area contributed by atoms with Gasteiger partial charge < -0.3 is 44.3 Å². The Bertz CT molecular complexity index is 5290. The van der Waals surface area contributed by atoms with Crippen molar-refractivity contribution >= 4 is 201 Å². The lowest BCUT2D eigenvalue weighted by atomic mass is 9.82. The van der Waals surface area contributed by atoms with Crippen molar-refractivity contribution in [3.63, 3.8) is 0 Å². The SMILES string of the molecule is CC(SSc1ccccn1)c1ccc(C(=O)ON2C(=O)CCC2=O)cc1.COC(CCCCCC(=O)NCC(=O)N=[N+]=[N-])OC.O=C(CCSSc1ccccn1)NCCCCCC(=O)ON1C(=O)CCC1=O.O=C(CCSSc1ccccn1)ON1C(=O)CCC1=O.O=C(ON1C(=O)CCC1=O)C1CCC(CN2C(=O)C=CC2=O)CC1.O=C(ON1C(=O)CCC1=O)c1ccc(N2C(=O)C=CC2=O)cc1. The quantitative estimate of drug-likeness (QED) is 0.00698. The number of nitrogens with one attached hydrogen (secondary N) is 2. The topological polar surface area (TPSA) is 574 Å². The zero-order valence-corrected chi connectivity index (χ0v) is 80.9. The first-order valence-electron chi connectivity index (χ1n) is 43.8. The van der Waals surface area contributed by atoms with Crippen LogP contribution >= 0.6 is 64.8 Å². The van der Waals surface area contributed by atoms with E-state index in [-0.39, 0.29) is 142 Å². The Kier molecular flexibility index (Phi) is 47.8. The van der Waals surface area contributed by atoms with Crippen LogP contribution in [0.3, 0.4) is 0 Å². The van der Waals surface area contributed by atoms with E-state index in [1.807, 2.05) is 66.7 Å². The zero-order valence-electron chi connectivity index (χ0n) is 76.0. The van der Waals surface area contributed by atoms with E-state index in [0.717, 1.165) is 76.2 Å². The highest BCUT2D eigenvalue weighted by Gasteiger charge is 2.40. The van der Waals surface area contributed by atoms with Crippen LogP contribution in [0, 0.1) is 11.8 Å². The monoisotopic (exact) mass is 2050 g/mol. The lowest BCUT2D eigenvalue weighted by molar-refractivity contribution is -0.201. The number of ether oxygens (including phenoxy) is 2. The van der Waals surface area contributed by atoms with Gasteiger partial charge in [-0.05, 0) is 192 Å². The van der Waals surface area contributed by atoms with E-state index >= 15 is 0 Å². The van der Waals surface area contributed by atoms with Crippen molar-refractivity contribution in [3.8, 4) is 0 Å². The molecular weight excluding hydrogens is 1950 g/mol. The molecule has 8 aliphatic rings. The number of azide groups is 1. The summed E-state index contributed by atoms with van der Waals surface area (Å²) in [4.78, 5) is 294. The zero-order chi connectivity index (χ0) is 101. The number of pyridine rings is 3. The van der Waals surface area contributed by atoms with E-state index < -0.39 is 107 Å². The van der Waals surface area contributed by atoms with Crippen molar-refractivity contribution in [1.29, 1.82) is 0 Å². The lowest BCUT2D eigenvalue weighted by Gasteiger charge is -2.29. The predicted octanol–water partition coefficient (Wildman–Crippen LogP) is 10.3. The molecule has 1 aliphatic carbocycles. The largest absolute Gasteiger partial charge is 0.363 e. The van der Waals surface area contributed by atoms with E-state index in [1.165, 1.54) is 62.9 Å². The molecule has 0 spiro atoms. The maximum absolute atomic E-state index is 12.1. The summed E-state index contributed by atoms with van der Waals surface area (Å²) in [5, 5.41) is 13.7. The molecule has 7 aliphatic heterocycles. The molecule has 1 saturated carbocycles. The van der Waals surface area contributed by atoms with Crippen LogP contribution in [0.1, 0.15) is 199 Å². The molecule has 6 fully saturated rings. The van der Waals surface area contributed by atoms with Gasteiger partial charge in [0.15, 0.2) is 6.29 Å². The van der Waals surface area contributed by atoms with Crippen molar-refractivity contribution in [2.75, 3.05) is 50.3 Å². The summed E-state index contributed by atoms with van der Waals surface area (Å²) >= 11 is 0. The summed E-state index contributed by atoms with van der Waals surface area (Å²) < 4.78 is 10.1. The van der Waals surface area contributed by atoms with Crippen LogP contribution in [0.4, 0.5) is 5.69 Å². The third-order valence-electron chi connectivity index (χ3n) is 20.4. The highest BCUT2D eigenvalue weighted by atomic mass is 33.1. The van der Waals surface area contributed by atoms with E-state index in [0.29, 0.717) is 101 Å². The Balaban J connectivity index is 0.000000207. The molecule has 5 saturated heterocycles. The minimum atomic E-state index is -0.877. The number of carbonyl (C=O) groups excluding carboxylic acids is 22. The molecule has 1 unspecified atom stereocenters. The van der Waals surface area contributed by atoms with E-state index in [4.69, 9.17) is 39.2 Å². The lowest BCUT2D eigenvalue weighted by Crippen LogP contribution is -2.38. The fourth-order valence-electron chi connectivity index (χ4n) is 12.9. The molecular formula is C90H99N15O29S6. The van der Waals surface area contributed by atoms with Crippen LogP contribution in [-0.2, 0) is 130 Å². The summed E-state index contributed by atoms with van der Waals surface area (Å²) in [6.07, 6.45) is 19.3. The third-order valence-corrected chi connectivity index (χ3v) is 27.6. The summed E-state index contributed by atoms with van der Waals surface area (Å²) in [6, 6.07) is 29.5. The first-order valence-corrected chi connectivity index (χ1v) is 50.7. The number of carbonyl (C=O) groups is 22. The first-order chi connectivity index (χ1) is 67.3. The Labute approximate surface area is 825 Å². The van der Waals surface area contributed by atoms with Gasteiger partial charge in [-0.15, -0.1) is 25.3 Å². The number of hydroxylamine groups is 10. The van der Waals surface area contributed by atoms with E-state index in [9.17, 15) is 105 Å². The second kappa shape index (κ2) is 59.8. The molecule has 744 valence electrons. The molecule has 0 bridgehead atoms. The summed E-state index contributed by atoms with van der Waals surface area (Å²) in [7, 11) is 12.5. The number of amides is 17. The fourth-order valence-corrected chi connectivity index (χ4v) is 18.8. The maximum Gasteiger partial charge on any atom is 0.363 e. The number of methoxy groups -OCH3 is 2. The third kappa shape index (κ3) is 38.1. The summed E-state index contributed by atoms with van der Waals surface area (Å²) in [5.41, 5.74) is 9.70. The average molecular weight is 2050 g/mol. The molecule has 13 rings (SSSR count). The highest BCUT2D eigenvalue weighted by Crippen LogP contribution is 2.42. The van der Waals surface area contributed by atoms with Crippen LogP contribution in [0.5, 0.6) is 0 Å². The molecule has 10 heterocycles. The van der Waals surface area contributed by atoms with Gasteiger partial charge in [0, 0.05) is 175 Å². The number of aromatic nitrogens is 3. The smallest absolute Gasteiger partial charge is 0.356 e. The number of nitrogens with zero attached hydrogens (tertiary/aromatic N) is 13. The van der Waals surface area contributed by atoms with Gasteiger partial charge in [-0.3, -0.25) is 86.4 Å². The van der Waals surface area contributed by atoms with E-state index in [1.54, 1.807) is 88.1 Å². The normalized spacial score (nSPS) is 16.6. The second-order valence-corrected chi connectivity index (χ2v) is 37.9. The molecule has 1 atom stereocenters. The van der Waals surface area contributed by atoms with Crippen molar-refractivity contribution in [2.45, 2.75) is 194 Å². The average Bonchev–Trinajstić information content (AvgIpc) is 1.49. The molecule has 0 radical (unpaired) electrons. The Morgan fingerprint density at radius 2 is 0.843 bits per heavy atom. The van der Waals surface area contributed by atoms with Gasteiger partial charge >= 0.3 is 29.8 Å². The minimum absolute atomic E-state index is 0.000381. The van der Waals surface area contributed by atoms with Gasteiger partial charge in [0.1, 0.15) is 15.1 Å². The van der Waals surface area contributed by atoms with Crippen molar-refractivity contribution < 1.29 is 139 Å². The highest BCUT2D eigenvalue weighted by molar-refractivity contribution is 8.77. The molecule has 50 heteroatoms. The number of hydrogen-bond acceptors (Lipinski definition) is 38. The molecule has 2 aromatic carbocycles. The molecule has 2 N–H and O–H groups in total. The van der Waals surface area contributed by atoms with Gasteiger partial charge in [0.25, 0.3) is 82.7 Å². The minimum Gasteiger partial charge on any atom is -0.356 e. The Morgan fingerprint density at radius 1 is 0.443 bits per heavy atom. The van der Waals surface area contributed by atoms with Crippen LogP contribution in [0.15, 0.2) is 166 Å². The standard InChI is InChI=1S/C18H23N3O5S2.C18H16N2O4S2.C16H18N2O6.C15H10N2O6.C12H12N2O4S2.C11H20N4O4/c22-14(10-13-27-28-15-6-3-5-12-20-15)19-11-4-1-2-7-18(25)26-21-16(23)8-9-17(21)24;1-12(25-26-15-4-2-3-11-19-15)13-5-7-14(8-6-13)18(23)24-20-16(21)9-10-17(20)22;19-12-5-6-13(20)17(12)9-10-1-3-11(4-2-10)16(23)24-18-14(21)7-8-15(18)22;18-11-5-6-12(19)16(11)10-3-1-9(2-4-10)15(22)23-17-13(20)7-8-14(17)21;15-10-4-5-11(16)14(10)18-12(17)6-8-19-20-9-3-1-2-7-13-9;1-18-11(19-2)7-5-3-4-6-9(16)13-8-10(17)14-15-12/h3,5-6,12H,1-2,4,7-11,13H2,(H,19,22);2-8,11-12H,9-10H2,1H3;5-6,10-11H,1-4,7-9H2;1-6H,7-8H2;1-3,7H,4-6,8H2;11H,3-8H2,1-2H3,(H,13,16). The first kappa shape index (κ1) is 112. The van der Waals surface area contributed by atoms with E-state index in [2.05, 4.69) is 42.5 Å². The predicted molar refractivity (Wildman–Crippen MR) is 500 cm³/mol.